The van der Waals surface area contributed by atoms with Gasteiger partial charge in [0.1, 0.15) is 11.7 Å². The number of urea groups is 1. The molecule has 8 heteroatoms. The molecule has 0 saturated carbocycles. The first-order valence-corrected chi connectivity index (χ1v) is 12.4. The Morgan fingerprint density at radius 2 is 1.68 bits per heavy atom. The Balaban J connectivity index is 1.41. The summed E-state index contributed by atoms with van der Waals surface area (Å²) in [6.45, 7) is 8.59. The Kier molecular flexibility index (Phi) is 7.57. The predicted octanol–water partition coefficient (Wildman–Crippen LogP) is 5.82. The summed E-state index contributed by atoms with van der Waals surface area (Å²) in [5, 5.41) is 15.0. The first-order valence-electron chi connectivity index (χ1n) is 12.4. The number of anilines is 2. The summed E-state index contributed by atoms with van der Waals surface area (Å²) in [6, 6.07) is 15.5. The second-order valence-corrected chi connectivity index (χ2v) is 9.71. The van der Waals surface area contributed by atoms with Gasteiger partial charge in [-0.15, -0.1) is 0 Å². The van der Waals surface area contributed by atoms with E-state index in [0.717, 1.165) is 28.8 Å². The molecule has 1 aromatic heterocycles. The van der Waals surface area contributed by atoms with Gasteiger partial charge in [-0.25, -0.2) is 14.6 Å². The smallest absolute Gasteiger partial charge is 0.354 e. The van der Waals surface area contributed by atoms with Crippen LogP contribution in [-0.2, 0) is 4.79 Å². The Morgan fingerprint density at radius 1 is 0.973 bits per heavy atom. The van der Waals surface area contributed by atoms with Crippen LogP contribution in [0.3, 0.4) is 0 Å². The van der Waals surface area contributed by atoms with Gasteiger partial charge in [0.05, 0.1) is 0 Å². The fraction of sp³-hybridized carbons (Fsp3) is 0.310. The van der Waals surface area contributed by atoms with E-state index in [2.05, 4.69) is 29.5 Å². The lowest BCUT2D eigenvalue weighted by Gasteiger charge is -2.24. The third kappa shape index (κ3) is 5.80. The van der Waals surface area contributed by atoms with Crippen LogP contribution in [-0.4, -0.2) is 45.5 Å². The van der Waals surface area contributed by atoms with Crippen LogP contribution in [0.25, 0.3) is 11.1 Å². The van der Waals surface area contributed by atoms with Crippen molar-refractivity contribution in [1.82, 2.24) is 9.88 Å². The van der Waals surface area contributed by atoms with Gasteiger partial charge in [-0.3, -0.25) is 4.79 Å². The SMILES string of the molecule is Cc1cc(NC(=O)N2CCC[C@@H]2C(=O)Nc2ccc(-c3ccc(C(=O)O)nc3C)cc2)ccc1C(C)C. The van der Waals surface area contributed by atoms with E-state index in [0.29, 0.717) is 30.3 Å². The van der Waals surface area contributed by atoms with Crippen molar-refractivity contribution in [1.29, 1.82) is 0 Å². The number of aryl methyl sites for hydroxylation is 2. The summed E-state index contributed by atoms with van der Waals surface area (Å²) in [5.41, 5.74) is 5.99. The summed E-state index contributed by atoms with van der Waals surface area (Å²) < 4.78 is 0. The Labute approximate surface area is 216 Å². The van der Waals surface area contributed by atoms with E-state index in [1.54, 1.807) is 30.0 Å². The molecule has 37 heavy (non-hydrogen) atoms. The molecule has 0 aliphatic carbocycles. The van der Waals surface area contributed by atoms with E-state index in [1.807, 2.05) is 37.3 Å². The maximum absolute atomic E-state index is 13.1. The summed E-state index contributed by atoms with van der Waals surface area (Å²) in [4.78, 5) is 42.9. The van der Waals surface area contributed by atoms with E-state index in [1.165, 1.54) is 11.6 Å². The van der Waals surface area contributed by atoms with Crippen molar-refractivity contribution in [2.45, 2.75) is 52.5 Å². The lowest BCUT2D eigenvalue weighted by Crippen LogP contribution is -2.45. The average Bonchev–Trinajstić information content (AvgIpc) is 3.35. The fourth-order valence-corrected chi connectivity index (χ4v) is 4.82. The number of benzene rings is 2. The van der Waals surface area contributed by atoms with E-state index < -0.39 is 12.0 Å². The Hall–Kier alpha value is -4.20. The van der Waals surface area contributed by atoms with E-state index in [-0.39, 0.29) is 17.6 Å². The molecule has 1 aliphatic heterocycles. The highest BCUT2D eigenvalue weighted by atomic mass is 16.4. The zero-order chi connectivity index (χ0) is 26.7. The molecule has 3 amide bonds. The normalized spacial score (nSPS) is 15.1. The number of carbonyl (C=O) groups excluding carboxylic acids is 2. The largest absolute Gasteiger partial charge is 0.477 e. The van der Waals surface area contributed by atoms with Crippen molar-refractivity contribution < 1.29 is 19.5 Å². The molecule has 8 nitrogen and oxygen atoms in total. The lowest BCUT2D eigenvalue weighted by molar-refractivity contribution is -0.119. The van der Waals surface area contributed by atoms with Gasteiger partial charge in [0, 0.05) is 29.2 Å². The molecule has 3 aromatic rings. The van der Waals surface area contributed by atoms with Gasteiger partial charge in [-0.1, -0.05) is 38.1 Å². The molecule has 2 heterocycles. The molecular formula is C29H32N4O4. The van der Waals surface area contributed by atoms with Gasteiger partial charge in [-0.05, 0) is 79.6 Å². The number of hydrogen-bond acceptors (Lipinski definition) is 4. The number of aromatic carboxylic acids is 1. The number of hydrogen-bond donors (Lipinski definition) is 3. The van der Waals surface area contributed by atoms with E-state index in [9.17, 15) is 14.4 Å². The van der Waals surface area contributed by atoms with Gasteiger partial charge < -0.3 is 20.6 Å². The molecule has 4 rings (SSSR count). The van der Waals surface area contributed by atoms with Gasteiger partial charge >= 0.3 is 12.0 Å². The number of amides is 3. The zero-order valence-electron chi connectivity index (χ0n) is 21.5. The van der Waals surface area contributed by atoms with Gasteiger partial charge in [0.2, 0.25) is 5.91 Å². The third-order valence-corrected chi connectivity index (χ3v) is 6.73. The van der Waals surface area contributed by atoms with Crippen LogP contribution in [0.5, 0.6) is 0 Å². The molecule has 3 N–H and O–H groups in total. The zero-order valence-corrected chi connectivity index (χ0v) is 21.5. The maximum atomic E-state index is 13.1. The molecule has 0 unspecified atom stereocenters. The standard InChI is InChI=1S/C29H32N4O4/c1-17(2)23-12-11-22(16-18(23)3)32-29(37)33-15-5-6-26(33)27(34)31-21-9-7-20(8-10-21)24-13-14-25(28(35)36)30-19(24)4/h7-14,16-17,26H,5-6,15H2,1-4H3,(H,31,34)(H,32,37)(H,35,36)/t26-/m1/s1. The van der Waals surface area contributed by atoms with E-state index >= 15 is 0 Å². The van der Waals surface area contributed by atoms with Crippen LogP contribution in [0, 0.1) is 13.8 Å². The number of pyridine rings is 1. The van der Waals surface area contributed by atoms with Crippen molar-refractivity contribution >= 4 is 29.3 Å². The minimum Gasteiger partial charge on any atom is -0.477 e. The Morgan fingerprint density at radius 3 is 2.30 bits per heavy atom. The topological polar surface area (TPSA) is 112 Å². The number of carboxylic acids is 1. The van der Waals surface area contributed by atoms with Gasteiger partial charge in [-0.2, -0.15) is 0 Å². The van der Waals surface area contributed by atoms with Crippen molar-refractivity contribution in [2.75, 3.05) is 17.2 Å². The molecule has 0 spiro atoms. The quantitative estimate of drug-likeness (QED) is 0.395. The number of carbonyl (C=O) groups is 3. The number of nitrogens with one attached hydrogen (secondary N) is 2. The highest BCUT2D eigenvalue weighted by Crippen LogP contribution is 2.26. The average molecular weight is 501 g/mol. The summed E-state index contributed by atoms with van der Waals surface area (Å²) in [6.07, 6.45) is 1.36. The number of likely N-dealkylation sites (tertiary alicyclic amines) is 1. The highest BCUT2D eigenvalue weighted by Gasteiger charge is 2.34. The van der Waals surface area contributed by atoms with Crippen molar-refractivity contribution in [2.24, 2.45) is 0 Å². The minimum atomic E-state index is -1.07. The first kappa shape index (κ1) is 25.9. The second kappa shape index (κ2) is 10.8. The van der Waals surface area contributed by atoms with Crippen LogP contribution in [0.1, 0.15) is 59.9 Å². The van der Waals surface area contributed by atoms with Gasteiger partial charge in [0.15, 0.2) is 0 Å². The van der Waals surface area contributed by atoms with Crippen molar-refractivity contribution in [3.05, 3.63) is 77.1 Å². The maximum Gasteiger partial charge on any atom is 0.354 e. The minimum absolute atomic E-state index is 0.00186. The number of aromatic nitrogens is 1. The Bertz CT molecular complexity index is 1330. The molecule has 2 aromatic carbocycles. The first-order chi connectivity index (χ1) is 17.6. The second-order valence-electron chi connectivity index (χ2n) is 9.71. The molecule has 0 bridgehead atoms. The monoisotopic (exact) mass is 500 g/mol. The van der Waals surface area contributed by atoms with Crippen molar-refractivity contribution in [3.63, 3.8) is 0 Å². The number of rotatable bonds is 6. The van der Waals surface area contributed by atoms with Crippen LogP contribution in [0.15, 0.2) is 54.6 Å². The highest BCUT2D eigenvalue weighted by molar-refractivity contribution is 5.99. The molecule has 1 atom stereocenters. The van der Waals surface area contributed by atoms with E-state index in [4.69, 9.17) is 5.11 Å². The molecule has 1 fully saturated rings. The molecule has 1 saturated heterocycles. The molecule has 0 radical (unpaired) electrons. The fourth-order valence-electron chi connectivity index (χ4n) is 4.82. The summed E-state index contributed by atoms with van der Waals surface area (Å²) >= 11 is 0. The van der Waals surface area contributed by atoms with Crippen LogP contribution >= 0.6 is 0 Å². The van der Waals surface area contributed by atoms with Crippen LogP contribution < -0.4 is 10.6 Å². The summed E-state index contributed by atoms with van der Waals surface area (Å²) in [7, 11) is 0. The molecular weight excluding hydrogens is 468 g/mol. The van der Waals surface area contributed by atoms with Crippen LogP contribution in [0.2, 0.25) is 0 Å². The van der Waals surface area contributed by atoms with Crippen molar-refractivity contribution in [3.8, 4) is 11.1 Å². The molecule has 1 aliphatic rings. The number of nitrogens with zero attached hydrogens (tertiary/aromatic N) is 2. The molecule has 192 valence electrons. The predicted molar refractivity (Wildman–Crippen MR) is 144 cm³/mol. The lowest BCUT2D eigenvalue weighted by atomic mass is 9.98. The third-order valence-electron chi connectivity index (χ3n) is 6.73. The van der Waals surface area contributed by atoms with Gasteiger partial charge in [0.25, 0.3) is 0 Å². The number of carboxylic acid groups (broad SMARTS) is 1. The summed E-state index contributed by atoms with van der Waals surface area (Å²) in [5.74, 6) is -0.888. The van der Waals surface area contributed by atoms with Crippen LogP contribution in [0.4, 0.5) is 16.2 Å².